The first-order valence-corrected chi connectivity index (χ1v) is 7.71. The van der Waals surface area contributed by atoms with Crippen LogP contribution in [0.2, 0.25) is 4.34 Å². The fourth-order valence-electron chi connectivity index (χ4n) is 1.37. The molecule has 1 N–H and O–H groups in total. The van der Waals surface area contributed by atoms with E-state index in [2.05, 4.69) is 0 Å². The summed E-state index contributed by atoms with van der Waals surface area (Å²) < 4.78 is 24.8. The van der Waals surface area contributed by atoms with Gasteiger partial charge in [0.05, 0.1) is 10.5 Å². The fraction of sp³-hybridized carbons (Fsp3) is 0.556. The minimum absolute atomic E-state index is 0.140. The number of sulfonamides is 1. The summed E-state index contributed by atoms with van der Waals surface area (Å²) in [7, 11) is -2.62. The first-order chi connectivity index (χ1) is 8.45. The van der Waals surface area contributed by atoms with E-state index in [0.29, 0.717) is 11.3 Å². The highest BCUT2D eigenvalue weighted by Crippen LogP contribution is 2.37. The summed E-state index contributed by atoms with van der Waals surface area (Å²) in [6, 6.07) is 0.920. The van der Waals surface area contributed by atoms with E-state index < -0.39 is 26.2 Å². The normalized spacial score (nSPS) is 12.9. The Morgan fingerprint density at radius 1 is 1.58 bits per heavy atom. The maximum Gasteiger partial charge on any atom is 0.300 e. The van der Waals surface area contributed by atoms with Crippen molar-refractivity contribution < 1.29 is 18.4 Å². The zero-order valence-electron chi connectivity index (χ0n) is 10.5. The average Bonchev–Trinajstić information content (AvgIpc) is 2.58. The second-order valence-electron chi connectivity index (χ2n) is 4.56. The van der Waals surface area contributed by atoms with E-state index in [4.69, 9.17) is 11.6 Å². The number of halogens is 1. The second kappa shape index (κ2) is 5.33. The van der Waals surface area contributed by atoms with E-state index in [9.17, 15) is 23.6 Å². The number of nitrogens with zero attached hydrogens (tertiary/aromatic N) is 2. The first kappa shape index (κ1) is 16.3. The Hall–Kier alpha value is -0.740. The van der Waals surface area contributed by atoms with Gasteiger partial charge < -0.3 is 5.11 Å². The van der Waals surface area contributed by atoms with Crippen molar-refractivity contribution in [1.29, 1.82) is 0 Å². The van der Waals surface area contributed by atoms with E-state index in [0.717, 1.165) is 10.4 Å². The maximum atomic E-state index is 12.1. The van der Waals surface area contributed by atoms with Gasteiger partial charge in [-0.3, -0.25) is 10.1 Å². The molecule has 0 aromatic carbocycles. The van der Waals surface area contributed by atoms with Crippen LogP contribution in [0.1, 0.15) is 13.8 Å². The molecule has 0 aliphatic rings. The molecule has 0 saturated heterocycles. The van der Waals surface area contributed by atoms with Crippen LogP contribution in [0.4, 0.5) is 5.69 Å². The molecular formula is C9H13ClN2O5S2. The Balaban J connectivity index is 3.14. The minimum Gasteiger partial charge on any atom is -0.389 e. The van der Waals surface area contributed by atoms with Gasteiger partial charge in [-0.25, -0.2) is 8.42 Å². The first-order valence-electron chi connectivity index (χ1n) is 5.07. The lowest BCUT2D eigenvalue weighted by molar-refractivity contribution is -0.384. The van der Waals surface area contributed by atoms with Crippen LogP contribution in [0.15, 0.2) is 10.3 Å². The zero-order chi connectivity index (χ0) is 15.0. The largest absolute Gasteiger partial charge is 0.389 e. The minimum atomic E-state index is -3.90. The van der Waals surface area contributed by atoms with Gasteiger partial charge in [0, 0.05) is 19.7 Å². The molecule has 0 saturated carbocycles. The summed E-state index contributed by atoms with van der Waals surface area (Å²) in [6.45, 7) is 2.78. The molecule has 0 unspecified atom stereocenters. The van der Waals surface area contributed by atoms with Crippen molar-refractivity contribution in [2.24, 2.45) is 0 Å². The van der Waals surface area contributed by atoms with E-state index in [1.165, 1.54) is 20.9 Å². The summed E-state index contributed by atoms with van der Waals surface area (Å²) in [4.78, 5) is 9.90. The standard InChI is InChI=1S/C9H13ClN2O5S2/c1-9(2,13)5-11(3)19(16,17)7-4-6(12(14)15)8(10)18-7/h4,13H,5H2,1-3H3. The Morgan fingerprint density at radius 2 is 2.11 bits per heavy atom. The molecule has 0 radical (unpaired) electrons. The third-order valence-electron chi connectivity index (χ3n) is 2.12. The molecule has 7 nitrogen and oxygen atoms in total. The predicted octanol–water partition coefficient (Wildman–Crippen LogP) is 1.70. The third-order valence-corrected chi connectivity index (χ3v) is 5.71. The zero-order valence-corrected chi connectivity index (χ0v) is 12.8. The number of thiophene rings is 1. The van der Waals surface area contributed by atoms with Crippen LogP contribution in [0.3, 0.4) is 0 Å². The number of hydrogen-bond acceptors (Lipinski definition) is 6. The van der Waals surface area contributed by atoms with Crippen molar-refractivity contribution in [3.63, 3.8) is 0 Å². The SMILES string of the molecule is CN(CC(C)(C)O)S(=O)(=O)c1cc([N+](=O)[O-])c(Cl)s1. The molecule has 108 valence electrons. The van der Waals surface area contributed by atoms with Gasteiger partial charge in [-0.2, -0.15) is 4.31 Å². The van der Waals surface area contributed by atoms with Crippen LogP contribution >= 0.6 is 22.9 Å². The monoisotopic (exact) mass is 328 g/mol. The van der Waals surface area contributed by atoms with Crippen molar-refractivity contribution >= 4 is 38.6 Å². The maximum absolute atomic E-state index is 12.1. The molecular weight excluding hydrogens is 316 g/mol. The second-order valence-corrected chi connectivity index (χ2v) is 8.48. The van der Waals surface area contributed by atoms with Crippen LogP contribution in [-0.4, -0.2) is 41.9 Å². The van der Waals surface area contributed by atoms with Gasteiger partial charge in [-0.1, -0.05) is 11.6 Å². The average molecular weight is 329 g/mol. The molecule has 0 aliphatic carbocycles. The number of nitro groups is 1. The van der Waals surface area contributed by atoms with Crippen molar-refractivity contribution in [2.75, 3.05) is 13.6 Å². The van der Waals surface area contributed by atoms with Gasteiger partial charge >= 0.3 is 0 Å². The Bertz CT molecular complexity index is 590. The van der Waals surface area contributed by atoms with Crippen molar-refractivity contribution in [3.05, 3.63) is 20.5 Å². The van der Waals surface area contributed by atoms with E-state index in [1.807, 2.05) is 0 Å². The number of rotatable bonds is 5. The third kappa shape index (κ3) is 3.86. The van der Waals surface area contributed by atoms with Crippen molar-refractivity contribution in [1.82, 2.24) is 4.31 Å². The highest BCUT2D eigenvalue weighted by molar-refractivity contribution is 7.91. The number of aliphatic hydroxyl groups is 1. The summed E-state index contributed by atoms with van der Waals surface area (Å²) in [5.74, 6) is 0. The van der Waals surface area contributed by atoms with E-state index in [1.54, 1.807) is 0 Å². The van der Waals surface area contributed by atoms with Crippen LogP contribution < -0.4 is 0 Å². The van der Waals surface area contributed by atoms with Crippen molar-refractivity contribution in [2.45, 2.75) is 23.7 Å². The highest BCUT2D eigenvalue weighted by atomic mass is 35.5. The molecule has 0 amide bonds. The van der Waals surface area contributed by atoms with Gasteiger partial charge in [0.25, 0.3) is 15.7 Å². The molecule has 1 aromatic heterocycles. The quantitative estimate of drug-likeness (QED) is 0.655. The lowest BCUT2D eigenvalue weighted by Gasteiger charge is -2.24. The molecule has 19 heavy (non-hydrogen) atoms. The summed E-state index contributed by atoms with van der Waals surface area (Å²) in [6.07, 6.45) is 0. The molecule has 1 aromatic rings. The number of likely N-dealkylation sites (N-methyl/N-ethyl adjacent to an activating group) is 1. The van der Waals surface area contributed by atoms with Crippen LogP contribution in [0.5, 0.6) is 0 Å². The Labute approximate surface area is 119 Å². The smallest absolute Gasteiger partial charge is 0.300 e. The summed E-state index contributed by atoms with van der Waals surface area (Å²) in [5, 5.41) is 20.2. The van der Waals surface area contributed by atoms with E-state index >= 15 is 0 Å². The molecule has 10 heteroatoms. The van der Waals surface area contributed by atoms with Gasteiger partial charge in [-0.15, -0.1) is 11.3 Å². The molecule has 1 heterocycles. The Kier molecular flexibility index (Phi) is 4.58. The molecule has 0 bridgehead atoms. The van der Waals surface area contributed by atoms with Crippen LogP contribution in [0, 0.1) is 10.1 Å². The number of hydrogen-bond donors (Lipinski definition) is 1. The lowest BCUT2D eigenvalue weighted by atomic mass is 10.1. The Morgan fingerprint density at radius 3 is 2.47 bits per heavy atom. The van der Waals surface area contributed by atoms with Gasteiger partial charge in [0.2, 0.25) is 0 Å². The van der Waals surface area contributed by atoms with Gasteiger partial charge in [0.1, 0.15) is 4.21 Å². The highest BCUT2D eigenvalue weighted by Gasteiger charge is 2.31. The van der Waals surface area contributed by atoms with Crippen LogP contribution in [-0.2, 0) is 10.0 Å². The lowest BCUT2D eigenvalue weighted by Crippen LogP contribution is -2.39. The van der Waals surface area contributed by atoms with Crippen molar-refractivity contribution in [3.8, 4) is 0 Å². The van der Waals surface area contributed by atoms with Crippen LogP contribution in [0.25, 0.3) is 0 Å². The molecule has 0 atom stereocenters. The van der Waals surface area contributed by atoms with E-state index in [-0.39, 0.29) is 15.1 Å². The topological polar surface area (TPSA) is 101 Å². The van der Waals surface area contributed by atoms with Gasteiger partial charge in [0.15, 0.2) is 4.34 Å². The summed E-state index contributed by atoms with van der Waals surface area (Å²) >= 11 is 6.24. The fourth-order valence-corrected chi connectivity index (χ4v) is 4.58. The van der Waals surface area contributed by atoms with Gasteiger partial charge in [-0.05, 0) is 13.8 Å². The molecule has 0 fully saturated rings. The molecule has 1 rings (SSSR count). The molecule has 0 spiro atoms. The predicted molar refractivity (Wildman–Crippen MR) is 72.1 cm³/mol. The molecule has 0 aliphatic heterocycles. The summed E-state index contributed by atoms with van der Waals surface area (Å²) in [5.41, 5.74) is -1.66.